The van der Waals surface area contributed by atoms with Gasteiger partial charge in [-0.2, -0.15) is 0 Å². The van der Waals surface area contributed by atoms with Crippen LogP contribution in [0, 0.1) is 16.0 Å². The summed E-state index contributed by atoms with van der Waals surface area (Å²) in [5, 5.41) is 20.7. The SMILES string of the molecule is CC(C)CN(c1ccc([C@H](C)CC(=O)O)cc1[N+](=O)[O-])C1CCCCC1. The monoisotopic (exact) mass is 362 g/mol. The van der Waals surface area contributed by atoms with E-state index in [-0.39, 0.29) is 22.9 Å². The normalized spacial score (nSPS) is 16.5. The van der Waals surface area contributed by atoms with Gasteiger partial charge in [0.1, 0.15) is 5.69 Å². The van der Waals surface area contributed by atoms with Crippen LogP contribution in [-0.4, -0.2) is 28.6 Å². The minimum Gasteiger partial charge on any atom is -0.481 e. The average molecular weight is 362 g/mol. The van der Waals surface area contributed by atoms with Crippen molar-refractivity contribution in [2.45, 2.75) is 71.3 Å². The number of hydrogen-bond acceptors (Lipinski definition) is 4. The topological polar surface area (TPSA) is 83.7 Å². The molecule has 1 atom stereocenters. The first-order valence-corrected chi connectivity index (χ1v) is 9.56. The fourth-order valence-electron chi connectivity index (χ4n) is 3.85. The van der Waals surface area contributed by atoms with Gasteiger partial charge in [-0.15, -0.1) is 0 Å². The van der Waals surface area contributed by atoms with Crippen LogP contribution in [0.15, 0.2) is 18.2 Å². The number of carbonyl (C=O) groups is 1. The lowest BCUT2D eigenvalue weighted by molar-refractivity contribution is -0.384. The number of carboxylic acid groups (broad SMARTS) is 1. The molecule has 0 aliphatic heterocycles. The minimum atomic E-state index is -0.895. The van der Waals surface area contributed by atoms with Crippen LogP contribution in [0.1, 0.15) is 70.8 Å². The third-order valence-electron chi connectivity index (χ3n) is 5.13. The molecule has 0 spiro atoms. The number of benzene rings is 1. The highest BCUT2D eigenvalue weighted by molar-refractivity contribution is 5.69. The molecule has 0 heterocycles. The molecule has 6 nitrogen and oxygen atoms in total. The van der Waals surface area contributed by atoms with E-state index < -0.39 is 5.97 Å². The number of nitro groups is 1. The molecular weight excluding hydrogens is 332 g/mol. The second kappa shape index (κ2) is 9.01. The summed E-state index contributed by atoms with van der Waals surface area (Å²) in [6.45, 7) is 6.84. The number of aliphatic carboxylic acids is 1. The number of carboxylic acids is 1. The van der Waals surface area contributed by atoms with Crippen LogP contribution in [0.3, 0.4) is 0 Å². The average Bonchev–Trinajstić information content (AvgIpc) is 2.59. The molecular formula is C20H30N2O4. The van der Waals surface area contributed by atoms with E-state index in [1.54, 1.807) is 13.0 Å². The fourth-order valence-corrected chi connectivity index (χ4v) is 3.85. The lowest BCUT2D eigenvalue weighted by Crippen LogP contribution is -2.39. The van der Waals surface area contributed by atoms with E-state index in [4.69, 9.17) is 5.11 Å². The van der Waals surface area contributed by atoms with Crippen molar-refractivity contribution in [3.8, 4) is 0 Å². The molecule has 26 heavy (non-hydrogen) atoms. The Morgan fingerprint density at radius 3 is 2.46 bits per heavy atom. The first-order chi connectivity index (χ1) is 12.3. The van der Waals surface area contributed by atoms with E-state index in [0.29, 0.717) is 23.2 Å². The van der Waals surface area contributed by atoms with Gasteiger partial charge in [-0.25, -0.2) is 0 Å². The van der Waals surface area contributed by atoms with Crippen LogP contribution in [0.2, 0.25) is 0 Å². The zero-order valence-electron chi connectivity index (χ0n) is 16.0. The summed E-state index contributed by atoms with van der Waals surface area (Å²) in [6, 6.07) is 5.58. The van der Waals surface area contributed by atoms with Crippen LogP contribution in [0.5, 0.6) is 0 Å². The van der Waals surface area contributed by atoms with Gasteiger partial charge < -0.3 is 10.0 Å². The number of anilines is 1. The molecule has 1 aromatic rings. The maximum Gasteiger partial charge on any atom is 0.303 e. The Bertz CT molecular complexity index is 639. The molecule has 0 amide bonds. The van der Waals surface area contributed by atoms with Crippen molar-refractivity contribution < 1.29 is 14.8 Å². The Morgan fingerprint density at radius 2 is 1.92 bits per heavy atom. The van der Waals surface area contributed by atoms with Gasteiger partial charge in [0, 0.05) is 18.7 Å². The van der Waals surface area contributed by atoms with E-state index in [1.807, 2.05) is 12.1 Å². The summed E-state index contributed by atoms with van der Waals surface area (Å²) in [5.41, 5.74) is 1.46. The molecule has 1 N–H and O–H groups in total. The van der Waals surface area contributed by atoms with Crippen LogP contribution >= 0.6 is 0 Å². The highest BCUT2D eigenvalue weighted by Crippen LogP contribution is 2.36. The van der Waals surface area contributed by atoms with Crippen molar-refractivity contribution in [2.75, 3.05) is 11.4 Å². The van der Waals surface area contributed by atoms with Crippen molar-refractivity contribution in [3.05, 3.63) is 33.9 Å². The largest absolute Gasteiger partial charge is 0.481 e. The Labute approximate surface area is 155 Å². The van der Waals surface area contributed by atoms with Gasteiger partial charge in [-0.05, 0) is 36.3 Å². The van der Waals surface area contributed by atoms with Gasteiger partial charge in [0.15, 0.2) is 0 Å². The molecule has 1 aliphatic rings. The van der Waals surface area contributed by atoms with Crippen LogP contribution in [0.4, 0.5) is 11.4 Å². The number of nitrogens with zero attached hydrogens (tertiary/aromatic N) is 2. The van der Waals surface area contributed by atoms with Crippen molar-refractivity contribution in [2.24, 2.45) is 5.92 Å². The van der Waals surface area contributed by atoms with Gasteiger partial charge in [-0.1, -0.05) is 46.1 Å². The zero-order chi connectivity index (χ0) is 19.3. The molecule has 144 valence electrons. The van der Waals surface area contributed by atoms with Gasteiger partial charge in [-0.3, -0.25) is 14.9 Å². The van der Waals surface area contributed by atoms with Gasteiger partial charge in [0.05, 0.1) is 11.3 Å². The summed E-state index contributed by atoms with van der Waals surface area (Å²) < 4.78 is 0. The molecule has 6 heteroatoms. The Kier molecular flexibility index (Phi) is 7.00. The highest BCUT2D eigenvalue weighted by Gasteiger charge is 2.28. The summed E-state index contributed by atoms with van der Waals surface area (Å²) in [6.07, 6.45) is 5.68. The predicted molar refractivity (Wildman–Crippen MR) is 103 cm³/mol. The maximum atomic E-state index is 11.8. The van der Waals surface area contributed by atoms with E-state index in [1.165, 1.54) is 19.3 Å². The van der Waals surface area contributed by atoms with Gasteiger partial charge in [0.25, 0.3) is 5.69 Å². The lowest BCUT2D eigenvalue weighted by atomic mass is 9.92. The second-order valence-corrected chi connectivity index (χ2v) is 7.84. The molecule has 1 saturated carbocycles. The van der Waals surface area contributed by atoms with E-state index in [2.05, 4.69) is 18.7 Å². The predicted octanol–water partition coefficient (Wildman–Crippen LogP) is 4.97. The third kappa shape index (κ3) is 5.19. The third-order valence-corrected chi connectivity index (χ3v) is 5.13. The standard InChI is InChI=1S/C20H30N2O4/c1-14(2)13-21(17-7-5-4-6-8-17)18-10-9-16(12-19(18)22(25)26)15(3)11-20(23)24/h9-10,12,14-15,17H,4-8,11,13H2,1-3H3,(H,23,24)/t15-/m1/s1. The summed E-state index contributed by atoms with van der Waals surface area (Å²) in [5.74, 6) is -0.747. The van der Waals surface area contributed by atoms with Crippen molar-refractivity contribution in [1.29, 1.82) is 0 Å². The molecule has 0 aromatic heterocycles. The number of nitro benzene ring substituents is 1. The Morgan fingerprint density at radius 1 is 1.27 bits per heavy atom. The first kappa shape index (κ1) is 20.2. The van der Waals surface area contributed by atoms with Crippen molar-refractivity contribution >= 4 is 17.3 Å². The quantitative estimate of drug-likeness (QED) is 0.521. The van der Waals surface area contributed by atoms with Gasteiger partial charge in [0.2, 0.25) is 0 Å². The van der Waals surface area contributed by atoms with Crippen LogP contribution in [-0.2, 0) is 4.79 Å². The minimum absolute atomic E-state index is 0.0329. The fraction of sp³-hybridized carbons (Fsp3) is 0.650. The molecule has 1 aromatic carbocycles. The second-order valence-electron chi connectivity index (χ2n) is 7.84. The lowest BCUT2D eigenvalue weighted by Gasteiger charge is -2.37. The highest BCUT2D eigenvalue weighted by atomic mass is 16.6. The summed E-state index contributed by atoms with van der Waals surface area (Å²) in [4.78, 5) is 24.6. The molecule has 2 rings (SSSR count). The zero-order valence-corrected chi connectivity index (χ0v) is 16.0. The van der Waals surface area contributed by atoms with E-state index in [0.717, 1.165) is 19.4 Å². The molecule has 0 saturated heterocycles. The van der Waals surface area contributed by atoms with Gasteiger partial charge >= 0.3 is 5.97 Å². The summed E-state index contributed by atoms with van der Waals surface area (Å²) >= 11 is 0. The number of rotatable bonds is 8. The molecule has 1 aliphatic carbocycles. The first-order valence-electron chi connectivity index (χ1n) is 9.56. The Hall–Kier alpha value is -2.11. The van der Waals surface area contributed by atoms with E-state index in [9.17, 15) is 14.9 Å². The van der Waals surface area contributed by atoms with Crippen molar-refractivity contribution in [1.82, 2.24) is 0 Å². The van der Waals surface area contributed by atoms with Crippen LogP contribution < -0.4 is 4.90 Å². The van der Waals surface area contributed by atoms with Crippen molar-refractivity contribution in [3.63, 3.8) is 0 Å². The molecule has 0 bridgehead atoms. The molecule has 0 unspecified atom stereocenters. The van der Waals surface area contributed by atoms with Crippen LogP contribution in [0.25, 0.3) is 0 Å². The maximum absolute atomic E-state index is 11.8. The smallest absolute Gasteiger partial charge is 0.303 e. The molecule has 1 fully saturated rings. The van der Waals surface area contributed by atoms with E-state index >= 15 is 0 Å². The summed E-state index contributed by atoms with van der Waals surface area (Å²) in [7, 11) is 0. The Balaban J connectivity index is 2.39. The molecule has 0 radical (unpaired) electrons. The number of hydrogen-bond donors (Lipinski definition) is 1.